The van der Waals surface area contributed by atoms with Crippen LogP contribution in [0.15, 0.2) is 18.2 Å². The SMILES string of the molecule is CCC(C)c1ccc2c(c1)CSC(=O)O2. The summed E-state index contributed by atoms with van der Waals surface area (Å²) in [4.78, 5) is 11.0. The second-order valence-electron chi connectivity index (χ2n) is 3.82. The number of hydrogen-bond donors (Lipinski definition) is 0. The van der Waals surface area contributed by atoms with Gasteiger partial charge in [0, 0.05) is 11.3 Å². The first-order chi connectivity index (χ1) is 7.20. The Balaban J connectivity index is 2.30. The number of ether oxygens (including phenoxy) is 1. The maximum atomic E-state index is 11.0. The second-order valence-corrected chi connectivity index (χ2v) is 4.73. The zero-order valence-corrected chi connectivity index (χ0v) is 9.76. The zero-order chi connectivity index (χ0) is 10.8. The van der Waals surface area contributed by atoms with E-state index < -0.39 is 0 Å². The van der Waals surface area contributed by atoms with Crippen LogP contribution in [-0.2, 0) is 5.75 Å². The Kier molecular flexibility index (Phi) is 3.00. The molecule has 1 aliphatic heterocycles. The molecule has 2 nitrogen and oxygen atoms in total. The summed E-state index contributed by atoms with van der Waals surface area (Å²) in [6, 6.07) is 6.12. The molecule has 1 aromatic rings. The molecule has 3 heteroatoms. The minimum Gasteiger partial charge on any atom is -0.418 e. The van der Waals surface area contributed by atoms with Crippen LogP contribution < -0.4 is 4.74 Å². The van der Waals surface area contributed by atoms with Crippen LogP contribution >= 0.6 is 11.8 Å². The topological polar surface area (TPSA) is 26.3 Å². The molecule has 15 heavy (non-hydrogen) atoms. The Bertz CT molecular complexity index is 387. The van der Waals surface area contributed by atoms with Crippen LogP contribution in [0.25, 0.3) is 0 Å². The molecule has 0 aromatic heterocycles. The number of carbonyl (C=O) groups excluding carboxylic acids is 1. The summed E-state index contributed by atoms with van der Waals surface area (Å²) in [5.74, 6) is 2.03. The molecule has 1 atom stereocenters. The van der Waals surface area contributed by atoms with E-state index in [0.29, 0.717) is 5.92 Å². The van der Waals surface area contributed by atoms with E-state index in [1.165, 1.54) is 17.3 Å². The summed E-state index contributed by atoms with van der Waals surface area (Å²) in [6.45, 7) is 4.39. The molecule has 0 saturated carbocycles. The van der Waals surface area contributed by atoms with E-state index in [9.17, 15) is 4.79 Å². The first-order valence-electron chi connectivity index (χ1n) is 5.18. The van der Waals surface area contributed by atoms with E-state index in [1.54, 1.807) is 0 Å². The number of carbonyl (C=O) groups is 1. The molecule has 0 radical (unpaired) electrons. The lowest BCUT2D eigenvalue weighted by Gasteiger charge is -2.17. The Morgan fingerprint density at radius 2 is 2.33 bits per heavy atom. The van der Waals surface area contributed by atoms with E-state index in [2.05, 4.69) is 26.0 Å². The minimum atomic E-state index is -0.196. The van der Waals surface area contributed by atoms with Gasteiger partial charge in [-0.15, -0.1) is 0 Å². The predicted molar refractivity (Wildman–Crippen MR) is 62.5 cm³/mol. The molecule has 0 spiro atoms. The highest BCUT2D eigenvalue weighted by Gasteiger charge is 2.18. The zero-order valence-electron chi connectivity index (χ0n) is 8.95. The Morgan fingerprint density at radius 3 is 3.07 bits per heavy atom. The molecule has 0 aliphatic carbocycles. The molecule has 0 saturated heterocycles. The van der Waals surface area contributed by atoms with Crippen molar-refractivity contribution in [3.05, 3.63) is 29.3 Å². The van der Waals surface area contributed by atoms with Crippen LogP contribution in [0.2, 0.25) is 0 Å². The van der Waals surface area contributed by atoms with Crippen LogP contribution in [0, 0.1) is 0 Å². The van der Waals surface area contributed by atoms with Gasteiger partial charge in [0.25, 0.3) is 0 Å². The maximum Gasteiger partial charge on any atom is 0.373 e. The van der Waals surface area contributed by atoms with Gasteiger partial charge in [-0.2, -0.15) is 0 Å². The average Bonchev–Trinajstić information content (AvgIpc) is 2.27. The summed E-state index contributed by atoms with van der Waals surface area (Å²) < 4.78 is 5.12. The van der Waals surface area contributed by atoms with Crippen molar-refractivity contribution in [2.24, 2.45) is 0 Å². The second kappa shape index (κ2) is 4.27. The lowest BCUT2D eigenvalue weighted by molar-refractivity contribution is 0.226. The Hall–Kier alpha value is -0.960. The van der Waals surface area contributed by atoms with Crippen molar-refractivity contribution >= 4 is 17.1 Å². The molecule has 0 bridgehead atoms. The molecule has 0 fully saturated rings. The molecule has 2 rings (SSSR count). The van der Waals surface area contributed by atoms with Crippen LogP contribution in [0.5, 0.6) is 5.75 Å². The van der Waals surface area contributed by atoms with Crippen LogP contribution in [0.1, 0.15) is 37.3 Å². The summed E-state index contributed by atoms with van der Waals surface area (Å²) in [5.41, 5.74) is 2.46. The Labute approximate surface area is 94.0 Å². The van der Waals surface area contributed by atoms with Gasteiger partial charge in [0.15, 0.2) is 0 Å². The summed E-state index contributed by atoms with van der Waals surface area (Å²) >= 11 is 1.23. The highest BCUT2D eigenvalue weighted by atomic mass is 32.2. The third-order valence-electron chi connectivity index (χ3n) is 2.80. The normalized spacial score (nSPS) is 16.8. The fraction of sp³-hybridized carbons (Fsp3) is 0.417. The van der Waals surface area contributed by atoms with E-state index in [1.807, 2.05) is 6.07 Å². The lowest BCUT2D eigenvalue weighted by atomic mass is 9.97. The molecular formula is C12H14O2S. The average molecular weight is 222 g/mol. The van der Waals surface area contributed by atoms with E-state index in [-0.39, 0.29) is 5.30 Å². The standard InChI is InChI=1S/C12H14O2S/c1-3-8(2)9-4-5-11-10(6-9)7-15-12(13)14-11/h4-6,8H,3,7H2,1-2H3. The van der Waals surface area contributed by atoms with Crippen molar-refractivity contribution in [2.75, 3.05) is 0 Å². The smallest absolute Gasteiger partial charge is 0.373 e. The van der Waals surface area contributed by atoms with Gasteiger partial charge in [0.1, 0.15) is 5.75 Å². The number of hydrogen-bond acceptors (Lipinski definition) is 3. The molecule has 1 aromatic carbocycles. The number of benzene rings is 1. The van der Waals surface area contributed by atoms with Gasteiger partial charge in [-0.1, -0.05) is 26.0 Å². The molecule has 80 valence electrons. The van der Waals surface area contributed by atoms with Crippen molar-refractivity contribution in [1.82, 2.24) is 0 Å². The number of fused-ring (bicyclic) bond motifs is 1. The highest BCUT2D eigenvalue weighted by Crippen LogP contribution is 2.33. The monoisotopic (exact) mass is 222 g/mol. The van der Waals surface area contributed by atoms with Gasteiger partial charge in [0.2, 0.25) is 0 Å². The highest BCUT2D eigenvalue weighted by molar-refractivity contribution is 8.12. The van der Waals surface area contributed by atoms with Crippen LogP contribution in [-0.4, -0.2) is 5.30 Å². The summed E-state index contributed by atoms with van der Waals surface area (Å²) in [5, 5.41) is -0.196. The van der Waals surface area contributed by atoms with Crippen molar-refractivity contribution < 1.29 is 9.53 Å². The largest absolute Gasteiger partial charge is 0.418 e. The van der Waals surface area contributed by atoms with Crippen LogP contribution in [0.3, 0.4) is 0 Å². The van der Waals surface area contributed by atoms with Gasteiger partial charge in [-0.25, -0.2) is 4.79 Å². The van der Waals surface area contributed by atoms with Crippen molar-refractivity contribution in [3.8, 4) is 5.75 Å². The summed E-state index contributed by atoms with van der Waals surface area (Å²) in [6.07, 6.45) is 1.13. The first-order valence-corrected chi connectivity index (χ1v) is 6.16. The van der Waals surface area contributed by atoms with E-state index >= 15 is 0 Å². The maximum absolute atomic E-state index is 11.0. The molecule has 1 heterocycles. The molecular weight excluding hydrogens is 208 g/mol. The number of thioether (sulfide) groups is 1. The Morgan fingerprint density at radius 1 is 1.53 bits per heavy atom. The van der Waals surface area contributed by atoms with Gasteiger partial charge in [-0.3, -0.25) is 0 Å². The third-order valence-corrected chi connectivity index (χ3v) is 3.58. The van der Waals surface area contributed by atoms with E-state index in [4.69, 9.17) is 4.74 Å². The van der Waals surface area contributed by atoms with Gasteiger partial charge < -0.3 is 4.74 Å². The van der Waals surface area contributed by atoms with Gasteiger partial charge in [-0.05, 0) is 35.7 Å². The fourth-order valence-electron chi connectivity index (χ4n) is 1.61. The quantitative estimate of drug-likeness (QED) is 0.709. The van der Waals surface area contributed by atoms with Crippen molar-refractivity contribution in [1.29, 1.82) is 0 Å². The van der Waals surface area contributed by atoms with Gasteiger partial charge >= 0.3 is 5.30 Å². The summed E-state index contributed by atoms with van der Waals surface area (Å²) in [7, 11) is 0. The lowest BCUT2D eigenvalue weighted by Crippen LogP contribution is -2.09. The molecule has 0 amide bonds. The van der Waals surface area contributed by atoms with Crippen LogP contribution in [0.4, 0.5) is 4.79 Å². The minimum absolute atomic E-state index is 0.196. The van der Waals surface area contributed by atoms with E-state index in [0.717, 1.165) is 23.5 Å². The third kappa shape index (κ3) is 2.17. The predicted octanol–water partition coefficient (Wildman–Crippen LogP) is 3.95. The van der Waals surface area contributed by atoms with Crippen molar-refractivity contribution in [2.45, 2.75) is 31.9 Å². The molecule has 0 N–H and O–H groups in total. The van der Waals surface area contributed by atoms with Gasteiger partial charge in [0.05, 0.1) is 0 Å². The van der Waals surface area contributed by atoms with Crippen molar-refractivity contribution in [3.63, 3.8) is 0 Å². The molecule has 1 unspecified atom stereocenters. The number of rotatable bonds is 2. The molecule has 1 aliphatic rings. The fourth-order valence-corrected chi connectivity index (χ4v) is 2.26. The first kappa shape index (κ1) is 10.6.